The average molecular weight is 218 g/mol. The van der Waals surface area contributed by atoms with Gasteiger partial charge in [-0.3, -0.25) is 0 Å². The van der Waals surface area contributed by atoms with Gasteiger partial charge in [-0.1, -0.05) is 34.6 Å². The van der Waals surface area contributed by atoms with E-state index in [1.807, 2.05) is 0 Å². The molecule has 0 unspecified atom stereocenters. The molecule has 0 radical (unpaired) electrons. The molecule has 0 N–H and O–H groups in total. The van der Waals surface area contributed by atoms with Gasteiger partial charge in [0.2, 0.25) is 0 Å². The van der Waals surface area contributed by atoms with Crippen molar-refractivity contribution in [2.45, 2.75) is 27.7 Å². The van der Waals surface area contributed by atoms with Gasteiger partial charge in [-0.2, -0.15) is 0 Å². The van der Waals surface area contributed by atoms with Crippen molar-refractivity contribution < 1.29 is 31.0 Å². The first-order valence-electron chi connectivity index (χ1n) is 4.50. The van der Waals surface area contributed by atoms with Crippen molar-refractivity contribution in [1.82, 2.24) is 0 Å². The summed E-state index contributed by atoms with van der Waals surface area (Å²) in [6.45, 7) is 14.2. The van der Waals surface area contributed by atoms with Crippen LogP contribution in [0.1, 0.15) is 22.9 Å². The summed E-state index contributed by atoms with van der Waals surface area (Å²) in [5.41, 5.74) is 3.17. The largest absolute Gasteiger partial charge is 1.00 e. The molecular weight excluding hydrogens is 199 g/mol. The third-order valence-corrected chi connectivity index (χ3v) is 13.1. The second-order valence-electron chi connectivity index (χ2n) is 3.75. The molecule has 68 valence electrons. The van der Waals surface area contributed by atoms with Crippen LogP contribution in [0, 0.1) is 27.7 Å². The SMILES string of the molecule is Cc1c(C)c(C)[si](C)[si](C)c1C.[H-].[Na+]. The predicted octanol–water partition coefficient (Wildman–Crippen LogP) is -0.838. The molecule has 1 heterocycles. The van der Waals surface area contributed by atoms with E-state index in [0.29, 0.717) is 0 Å². The standard InChI is InChI=1S/C10H18Si2.Na.H/c1-7-8(2)10(4)12(6)11(5)9(7)3;;/h1-6H3;;/q;+1;-1. The molecule has 0 saturated carbocycles. The Balaban J connectivity index is 0. The van der Waals surface area contributed by atoms with Crippen molar-refractivity contribution in [2.24, 2.45) is 13.1 Å². The van der Waals surface area contributed by atoms with Crippen molar-refractivity contribution in [3.05, 3.63) is 21.5 Å². The summed E-state index contributed by atoms with van der Waals surface area (Å²) in [6.07, 6.45) is 0. The van der Waals surface area contributed by atoms with Gasteiger partial charge in [0, 0.05) is 15.8 Å². The van der Waals surface area contributed by atoms with E-state index in [-0.39, 0.29) is 46.8 Å². The van der Waals surface area contributed by atoms with Gasteiger partial charge in [0.1, 0.15) is 0 Å². The van der Waals surface area contributed by atoms with E-state index >= 15 is 0 Å². The molecule has 0 aliphatic rings. The van der Waals surface area contributed by atoms with Crippen LogP contribution in [-0.2, 0) is 13.1 Å². The van der Waals surface area contributed by atoms with E-state index in [0.717, 1.165) is 0 Å². The molecule has 0 aromatic carbocycles. The summed E-state index contributed by atoms with van der Waals surface area (Å²) in [5.74, 6) is 0. The van der Waals surface area contributed by atoms with Crippen LogP contribution in [0.15, 0.2) is 0 Å². The van der Waals surface area contributed by atoms with Crippen LogP contribution in [-0.4, -0.2) is 15.8 Å². The molecule has 0 spiro atoms. The Morgan fingerprint density at radius 2 is 1.00 bits per heavy atom. The summed E-state index contributed by atoms with van der Waals surface area (Å²) < 4.78 is 0. The summed E-state index contributed by atoms with van der Waals surface area (Å²) in [6, 6.07) is 0. The zero-order chi connectivity index (χ0) is 9.46. The molecule has 0 bridgehead atoms. The molecule has 0 atom stereocenters. The maximum atomic E-state index is 2.48. The van der Waals surface area contributed by atoms with E-state index in [4.69, 9.17) is 0 Å². The molecule has 0 saturated heterocycles. The quantitative estimate of drug-likeness (QED) is 0.498. The van der Waals surface area contributed by atoms with Crippen LogP contribution in [0.2, 0.25) is 0 Å². The molecule has 13 heavy (non-hydrogen) atoms. The zero-order valence-electron chi connectivity index (χ0n) is 11.0. The van der Waals surface area contributed by atoms with Gasteiger partial charge >= 0.3 is 29.6 Å². The Morgan fingerprint density at radius 3 is 1.23 bits per heavy atom. The van der Waals surface area contributed by atoms with Gasteiger partial charge < -0.3 is 1.43 Å². The number of hydrogen-bond donors (Lipinski definition) is 0. The van der Waals surface area contributed by atoms with Gasteiger partial charge in [0.05, 0.1) is 0 Å². The molecule has 0 amide bonds. The number of rotatable bonds is 0. The van der Waals surface area contributed by atoms with Crippen molar-refractivity contribution >= 4 is 15.8 Å². The summed E-state index contributed by atoms with van der Waals surface area (Å²) >= 11 is 0. The Bertz CT molecular complexity index is 232. The third-order valence-electron chi connectivity index (χ3n) is 3.38. The van der Waals surface area contributed by atoms with E-state index in [1.54, 1.807) is 21.5 Å². The van der Waals surface area contributed by atoms with Crippen LogP contribution in [0.3, 0.4) is 0 Å². The summed E-state index contributed by atoms with van der Waals surface area (Å²) in [7, 11) is -0.309. The van der Waals surface area contributed by atoms with Crippen LogP contribution in [0.5, 0.6) is 0 Å². The molecule has 0 fully saturated rings. The summed E-state index contributed by atoms with van der Waals surface area (Å²) in [4.78, 5) is 0. The van der Waals surface area contributed by atoms with E-state index in [9.17, 15) is 0 Å². The van der Waals surface area contributed by atoms with Gasteiger partial charge in [0.25, 0.3) is 0 Å². The molecule has 0 aliphatic heterocycles. The van der Waals surface area contributed by atoms with E-state index < -0.39 is 0 Å². The Kier molecular flexibility index (Phi) is 5.48. The fraction of sp³-hybridized carbons (Fsp3) is 0.600. The van der Waals surface area contributed by atoms with Gasteiger partial charge in [0.15, 0.2) is 0 Å². The molecular formula is C10H19NaSi2. The van der Waals surface area contributed by atoms with Crippen LogP contribution >= 0.6 is 0 Å². The fourth-order valence-electron chi connectivity index (χ4n) is 1.69. The third kappa shape index (κ3) is 2.48. The van der Waals surface area contributed by atoms with Crippen molar-refractivity contribution in [1.29, 1.82) is 0 Å². The topological polar surface area (TPSA) is 0 Å². The first-order chi connectivity index (χ1) is 5.46. The molecule has 1 aromatic rings. The average Bonchev–Trinajstić information content (AvgIpc) is 2.08. The smallest absolute Gasteiger partial charge is 1.00 e. The van der Waals surface area contributed by atoms with Crippen LogP contribution in [0.25, 0.3) is 0 Å². The van der Waals surface area contributed by atoms with Crippen molar-refractivity contribution in [3.63, 3.8) is 0 Å². The monoisotopic (exact) mass is 218 g/mol. The minimum Gasteiger partial charge on any atom is -1.00 e. The van der Waals surface area contributed by atoms with Crippen LogP contribution < -0.4 is 29.6 Å². The normalized spacial score (nSPS) is 9.69. The summed E-state index contributed by atoms with van der Waals surface area (Å²) in [5, 5.41) is 3.44. The van der Waals surface area contributed by atoms with Crippen LogP contribution in [0.4, 0.5) is 0 Å². The molecule has 1 rings (SSSR count). The Labute approximate surface area is 108 Å². The van der Waals surface area contributed by atoms with Gasteiger partial charge in [-0.25, -0.2) is 0 Å². The maximum Gasteiger partial charge on any atom is 1.00 e. The zero-order valence-corrected chi connectivity index (χ0v) is 14.0. The second kappa shape index (κ2) is 5.12. The Hall–Kier alpha value is 0.914. The minimum absolute atomic E-state index is 0. The second-order valence-corrected chi connectivity index (χ2v) is 12.2. The number of hydrogen-bond acceptors (Lipinski definition) is 0. The molecule has 3 heteroatoms. The van der Waals surface area contributed by atoms with Gasteiger partial charge in [-0.15, -0.1) is 0 Å². The van der Waals surface area contributed by atoms with E-state index in [1.165, 1.54) is 0 Å². The fourth-order valence-corrected chi connectivity index (χ4v) is 8.81. The first kappa shape index (κ1) is 13.9. The molecule has 0 nitrogen and oxygen atoms in total. The predicted molar refractivity (Wildman–Crippen MR) is 60.4 cm³/mol. The van der Waals surface area contributed by atoms with Crippen molar-refractivity contribution in [3.8, 4) is 0 Å². The molecule has 0 aliphatic carbocycles. The van der Waals surface area contributed by atoms with E-state index in [2.05, 4.69) is 40.8 Å². The van der Waals surface area contributed by atoms with Crippen molar-refractivity contribution in [2.75, 3.05) is 0 Å². The maximum absolute atomic E-state index is 2.48. The molecule has 1 aromatic heterocycles. The Morgan fingerprint density at radius 1 is 0.769 bits per heavy atom. The first-order valence-corrected chi connectivity index (χ1v) is 9.50. The minimum atomic E-state index is -0.155. The van der Waals surface area contributed by atoms with Gasteiger partial charge in [-0.05, 0) is 27.7 Å².